The Morgan fingerprint density at radius 3 is 2.88 bits per heavy atom. The Kier molecular flexibility index (Phi) is 4.52. The maximum Gasteiger partial charge on any atom is 0.154 e. The number of ether oxygens (including phenoxy) is 1. The lowest BCUT2D eigenvalue weighted by Crippen LogP contribution is -2.29. The molecule has 130 valence electrons. The van der Waals surface area contributed by atoms with Gasteiger partial charge < -0.3 is 15.0 Å². The van der Waals surface area contributed by atoms with Crippen LogP contribution in [0.15, 0.2) is 42.7 Å². The molecule has 3 heterocycles. The first-order valence-electron chi connectivity index (χ1n) is 8.88. The molecule has 0 bridgehead atoms. The number of anilines is 1. The van der Waals surface area contributed by atoms with E-state index in [4.69, 9.17) is 9.84 Å². The molecule has 0 unspecified atom stereocenters. The molecule has 6 heteroatoms. The molecule has 6 nitrogen and oxygen atoms in total. The Hall–Kier alpha value is -2.60. The lowest BCUT2D eigenvalue weighted by Gasteiger charge is -2.21. The van der Waals surface area contributed by atoms with Crippen LogP contribution >= 0.6 is 0 Å². The number of hydrogen-bond donors (Lipinski definition) is 1. The van der Waals surface area contributed by atoms with E-state index < -0.39 is 0 Å². The number of rotatable bonds is 4. The third kappa shape index (κ3) is 3.30. The number of aromatic nitrogens is 3. The highest BCUT2D eigenvalue weighted by Gasteiger charge is 2.16. The smallest absolute Gasteiger partial charge is 0.154 e. The molecule has 0 aliphatic carbocycles. The molecule has 0 spiro atoms. The summed E-state index contributed by atoms with van der Waals surface area (Å²) < 4.78 is 7.44. The van der Waals surface area contributed by atoms with Gasteiger partial charge in [-0.15, -0.1) is 0 Å². The topological polar surface area (TPSA) is 54.7 Å². The van der Waals surface area contributed by atoms with E-state index in [1.165, 1.54) is 0 Å². The van der Waals surface area contributed by atoms with Gasteiger partial charge in [-0.1, -0.05) is 0 Å². The molecule has 0 radical (unpaired) electrons. The van der Waals surface area contributed by atoms with Crippen molar-refractivity contribution in [1.29, 1.82) is 0 Å². The minimum atomic E-state index is 0.674. The summed E-state index contributed by atoms with van der Waals surface area (Å²) in [7, 11) is 0. The normalized spacial score (nSPS) is 15.3. The lowest BCUT2D eigenvalue weighted by atomic mass is 10.1. The van der Waals surface area contributed by atoms with E-state index in [0.29, 0.717) is 6.61 Å². The maximum atomic E-state index is 5.52. The van der Waals surface area contributed by atoms with Crippen LogP contribution in [0.1, 0.15) is 13.3 Å². The van der Waals surface area contributed by atoms with Gasteiger partial charge in [0.1, 0.15) is 11.3 Å². The summed E-state index contributed by atoms with van der Waals surface area (Å²) in [5.41, 5.74) is 3.08. The van der Waals surface area contributed by atoms with Crippen molar-refractivity contribution in [3.8, 4) is 17.0 Å². The zero-order valence-electron chi connectivity index (χ0n) is 14.5. The molecule has 1 aliphatic heterocycles. The molecule has 1 fully saturated rings. The predicted molar refractivity (Wildman–Crippen MR) is 99.3 cm³/mol. The fourth-order valence-corrected chi connectivity index (χ4v) is 3.24. The summed E-state index contributed by atoms with van der Waals surface area (Å²) in [6.07, 6.45) is 4.87. The Morgan fingerprint density at radius 2 is 2.04 bits per heavy atom. The largest absolute Gasteiger partial charge is 0.494 e. The first-order valence-corrected chi connectivity index (χ1v) is 8.88. The maximum absolute atomic E-state index is 5.52. The second-order valence-electron chi connectivity index (χ2n) is 6.16. The van der Waals surface area contributed by atoms with E-state index in [1.54, 1.807) is 0 Å². The second-order valence-corrected chi connectivity index (χ2v) is 6.16. The highest BCUT2D eigenvalue weighted by molar-refractivity contribution is 5.75. The first kappa shape index (κ1) is 15.9. The summed E-state index contributed by atoms with van der Waals surface area (Å²) in [6.45, 7) is 6.70. The van der Waals surface area contributed by atoms with Crippen LogP contribution in [0.3, 0.4) is 0 Å². The minimum absolute atomic E-state index is 0.674. The van der Waals surface area contributed by atoms with Gasteiger partial charge in [0.05, 0.1) is 12.3 Å². The van der Waals surface area contributed by atoms with Crippen molar-refractivity contribution in [2.45, 2.75) is 13.3 Å². The Bertz CT molecular complexity index is 835. The molecular formula is C19H23N5O. The number of nitrogens with one attached hydrogen (secondary N) is 1. The first-order chi connectivity index (χ1) is 12.3. The van der Waals surface area contributed by atoms with E-state index >= 15 is 0 Å². The van der Waals surface area contributed by atoms with Crippen molar-refractivity contribution in [2.24, 2.45) is 0 Å². The highest BCUT2D eigenvalue weighted by atomic mass is 16.5. The van der Waals surface area contributed by atoms with Crippen LogP contribution in [0.4, 0.5) is 5.82 Å². The summed E-state index contributed by atoms with van der Waals surface area (Å²) in [6, 6.07) is 10.2. The molecule has 0 amide bonds. The zero-order chi connectivity index (χ0) is 17.1. The van der Waals surface area contributed by atoms with Crippen molar-refractivity contribution < 1.29 is 4.74 Å². The monoisotopic (exact) mass is 337 g/mol. The zero-order valence-corrected chi connectivity index (χ0v) is 14.5. The molecule has 0 atom stereocenters. The van der Waals surface area contributed by atoms with Gasteiger partial charge >= 0.3 is 0 Å². The molecule has 3 aromatic rings. The van der Waals surface area contributed by atoms with Crippen molar-refractivity contribution in [3.63, 3.8) is 0 Å². The number of benzene rings is 1. The average molecular weight is 337 g/mol. The van der Waals surface area contributed by atoms with E-state index in [9.17, 15) is 0 Å². The Labute approximate surface area is 147 Å². The average Bonchev–Trinajstić information content (AvgIpc) is 2.90. The fourth-order valence-electron chi connectivity index (χ4n) is 3.24. The van der Waals surface area contributed by atoms with E-state index in [0.717, 1.165) is 60.9 Å². The van der Waals surface area contributed by atoms with Gasteiger partial charge in [0.2, 0.25) is 0 Å². The van der Waals surface area contributed by atoms with Crippen molar-refractivity contribution in [1.82, 2.24) is 19.9 Å². The third-order valence-corrected chi connectivity index (χ3v) is 4.47. The molecular weight excluding hydrogens is 314 g/mol. The fraction of sp³-hybridized carbons (Fsp3) is 0.368. The van der Waals surface area contributed by atoms with Crippen LogP contribution in [0, 0.1) is 0 Å². The van der Waals surface area contributed by atoms with Crippen LogP contribution < -0.4 is 15.0 Å². The lowest BCUT2D eigenvalue weighted by molar-refractivity contribution is 0.340. The van der Waals surface area contributed by atoms with Gasteiger partial charge in [-0.3, -0.25) is 0 Å². The Morgan fingerprint density at radius 1 is 1.16 bits per heavy atom. The highest BCUT2D eigenvalue weighted by Crippen LogP contribution is 2.26. The third-order valence-electron chi connectivity index (χ3n) is 4.47. The summed E-state index contributed by atoms with van der Waals surface area (Å²) >= 11 is 0. The van der Waals surface area contributed by atoms with Gasteiger partial charge in [0, 0.05) is 37.6 Å². The SMILES string of the molecule is CCOc1ccc(-c2cc3c(N4CCCNCC4)nccn3n2)cc1. The summed E-state index contributed by atoms with van der Waals surface area (Å²) in [4.78, 5) is 6.98. The molecule has 2 aromatic heterocycles. The van der Waals surface area contributed by atoms with Crippen LogP contribution in [-0.2, 0) is 0 Å². The molecule has 4 rings (SSSR count). The van der Waals surface area contributed by atoms with Crippen molar-refractivity contribution in [3.05, 3.63) is 42.7 Å². The summed E-state index contributed by atoms with van der Waals surface area (Å²) in [5.74, 6) is 1.89. The van der Waals surface area contributed by atoms with Crippen molar-refractivity contribution in [2.75, 3.05) is 37.7 Å². The van der Waals surface area contributed by atoms with Gasteiger partial charge in [-0.2, -0.15) is 5.10 Å². The molecule has 1 aliphatic rings. The van der Waals surface area contributed by atoms with E-state index in [1.807, 2.05) is 36.0 Å². The van der Waals surface area contributed by atoms with Crippen molar-refractivity contribution >= 4 is 11.3 Å². The van der Waals surface area contributed by atoms with Crippen LogP contribution in [0.2, 0.25) is 0 Å². The molecule has 1 saturated heterocycles. The van der Waals surface area contributed by atoms with Gasteiger partial charge in [0.25, 0.3) is 0 Å². The van der Waals surface area contributed by atoms with Crippen LogP contribution in [0.5, 0.6) is 5.75 Å². The number of hydrogen-bond acceptors (Lipinski definition) is 5. The molecule has 1 N–H and O–H groups in total. The van der Waals surface area contributed by atoms with Gasteiger partial charge in [-0.05, 0) is 50.2 Å². The second kappa shape index (κ2) is 7.11. The molecule has 0 saturated carbocycles. The molecule has 25 heavy (non-hydrogen) atoms. The summed E-state index contributed by atoms with van der Waals surface area (Å²) in [5, 5.41) is 8.17. The van der Waals surface area contributed by atoms with Crippen LogP contribution in [0.25, 0.3) is 16.8 Å². The quantitative estimate of drug-likeness (QED) is 0.793. The van der Waals surface area contributed by atoms with E-state index in [-0.39, 0.29) is 0 Å². The number of nitrogens with zero attached hydrogens (tertiary/aromatic N) is 4. The Balaban J connectivity index is 1.68. The predicted octanol–water partition coefficient (Wildman–Crippen LogP) is 2.59. The number of fused-ring (bicyclic) bond motifs is 1. The van der Waals surface area contributed by atoms with Gasteiger partial charge in [0.15, 0.2) is 5.82 Å². The molecule has 1 aromatic carbocycles. The minimum Gasteiger partial charge on any atom is -0.494 e. The standard InChI is InChI=1S/C19H23N5O/c1-2-25-16-6-4-15(5-7-16)17-14-18-19(21-10-13-24(18)22-17)23-11-3-8-20-9-12-23/h4-7,10,13-14,20H,2-3,8-9,11-12H2,1H3. The van der Waals surface area contributed by atoms with E-state index in [2.05, 4.69) is 33.4 Å². The van der Waals surface area contributed by atoms with Crippen LogP contribution in [-0.4, -0.2) is 47.4 Å². The van der Waals surface area contributed by atoms with Gasteiger partial charge in [-0.25, -0.2) is 9.50 Å².